The van der Waals surface area contributed by atoms with E-state index >= 15 is 0 Å². The monoisotopic (exact) mass is 345 g/mol. The zero-order chi connectivity index (χ0) is 17.8. The van der Waals surface area contributed by atoms with Crippen molar-refractivity contribution in [2.75, 3.05) is 31.8 Å². The second kappa shape index (κ2) is 7.35. The van der Waals surface area contributed by atoms with Crippen molar-refractivity contribution in [1.29, 1.82) is 0 Å². The third-order valence-electron chi connectivity index (χ3n) is 3.73. The molecule has 1 aromatic heterocycles. The highest BCUT2D eigenvalue weighted by atomic mass is 16.5. The van der Waals surface area contributed by atoms with Crippen LogP contribution in [0.5, 0.6) is 5.75 Å². The lowest BCUT2D eigenvalue weighted by Crippen LogP contribution is -2.38. The van der Waals surface area contributed by atoms with Crippen molar-refractivity contribution in [3.8, 4) is 5.75 Å². The van der Waals surface area contributed by atoms with Gasteiger partial charge in [-0.05, 0) is 24.6 Å². The molecule has 0 saturated carbocycles. The van der Waals surface area contributed by atoms with E-state index < -0.39 is 0 Å². The zero-order valence-corrected chi connectivity index (χ0v) is 14.1. The highest BCUT2D eigenvalue weighted by molar-refractivity contribution is 5.97. The fourth-order valence-corrected chi connectivity index (χ4v) is 2.47. The Labute approximate surface area is 144 Å². The molecule has 0 spiro atoms. The normalized spacial score (nSPS) is 13.4. The van der Waals surface area contributed by atoms with Crippen LogP contribution in [0.4, 0.5) is 5.69 Å². The van der Waals surface area contributed by atoms with Gasteiger partial charge >= 0.3 is 0 Å². The SMILES string of the molecule is COCCNC(=O)c1coc(CN2C(=O)COc3ccc(C)cc32)n1. The summed E-state index contributed by atoms with van der Waals surface area (Å²) in [7, 11) is 1.55. The lowest BCUT2D eigenvalue weighted by Gasteiger charge is -2.28. The van der Waals surface area contributed by atoms with E-state index in [1.54, 1.807) is 12.0 Å². The smallest absolute Gasteiger partial charge is 0.273 e. The average Bonchev–Trinajstić information content (AvgIpc) is 3.06. The van der Waals surface area contributed by atoms with Gasteiger partial charge in [-0.15, -0.1) is 0 Å². The van der Waals surface area contributed by atoms with E-state index in [-0.39, 0.29) is 36.6 Å². The molecule has 0 aliphatic carbocycles. The number of rotatable bonds is 6. The van der Waals surface area contributed by atoms with Gasteiger partial charge in [0, 0.05) is 13.7 Å². The van der Waals surface area contributed by atoms with Gasteiger partial charge in [0.1, 0.15) is 18.6 Å². The standard InChI is InChI=1S/C17H19N3O5/c1-11-3-4-14-13(7-11)20(16(21)10-24-14)8-15-19-12(9-25-15)17(22)18-5-6-23-2/h3-4,7,9H,5-6,8,10H2,1-2H3,(H,18,22). The van der Waals surface area contributed by atoms with Crippen LogP contribution in [-0.2, 0) is 16.1 Å². The molecule has 132 valence electrons. The molecule has 2 heterocycles. The van der Waals surface area contributed by atoms with Crippen molar-refractivity contribution >= 4 is 17.5 Å². The zero-order valence-electron chi connectivity index (χ0n) is 14.1. The quantitative estimate of drug-likeness (QED) is 0.793. The van der Waals surface area contributed by atoms with E-state index in [2.05, 4.69) is 10.3 Å². The largest absolute Gasteiger partial charge is 0.482 e. The van der Waals surface area contributed by atoms with Crippen molar-refractivity contribution in [3.63, 3.8) is 0 Å². The molecule has 8 nitrogen and oxygen atoms in total. The lowest BCUT2D eigenvalue weighted by atomic mass is 10.1. The van der Waals surface area contributed by atoms with Gasteiger partial charge in [0.05, 0.1) is 12.3 Å². The van der Waals surface area contributed by atoms with E-state index in [1.165, 1.54) is 6.26 Å². The fourth-order valence-electron chi connectivity index (χ4n) is 2.47. The van der Waals surface area contributed by atoms with Crippen LogP contribution in [0.3, 0.4) is 0 Å². The third kappa shape index (κ3) is 3.80. The van der Waals surface area contributed by atoms with Crippen LogP contribution in [0.25, 0.3) is 0 Å². The number of benzene rings is 1. The number of hydrogen-bond donors (Lipinski definition) is 1. The summed E-state index contributed by atoms with van der Waals surface area (Å²) in [6, 6.07) is 5.61. The molecule has 2 amide bonds. The highest BCUT2D eigenvalue weighted by Crippen LogP contribution is 2.33. The molecule has 0 bridgehead atoms. The van der Waals surface area contributed by atoms with Gasteiger partial charge in [0.15, 0.2) is 12.3 Å². The Balaban J connectivity index is 1.74. The molecule has 3 rings (SSSR count). The number of carbonyl (C=O) groups is 2. The van der Waals surface area contributed by atoms with Gasteiger partial charge in [-0.3, -0.25) is 14.5 Å². The molecule has 8 heteroatoms. The van der Waals surface area contributed by atoms with Crippen LogP contribution in [0.1, 0.15) is 21.9 Å². The number of nitrogens with one attached hydrogen (secondary N) is 1. The number of methoxy groups -OCH3 is 1. The van der Waals surface area contributed by atoms with Crippen LogP contribution in [0, 0.1) is 6.92 Å². The van der Waals surface area contributed by atoms with Crippen LogP contribution < -0.4 is 15.0 Å². The number of nitrogens with zero attached hydrogens (tertiary/aromatic N) is 2. The first-order chi connectivity index (χ1) is 12.1. The summed E-state index contributed by atoms with van der Waals surface area (Å²) in [6.07, 6.45) is 1.28. The molecule has 0 saturated heterocycles. The van der Waals surface area contributed by atoms with Crippen molar-refractivity contribution in [3.05, 3.63) is 41.6 Å². The maximum absolute atomic E-state index is 12.2. The Morgan fingerprint density at radius 1 is 1.44 bits per heavy atom. The number of fused-ring (bicyclic) bond motifs is 1. The average molecular weight is 345 g/mol. The first-order valence-electron chi connectivity index (χ1n) is 7.84. The maximum Gasteiger partial charge on any atom is 0.273 e. The van der Waals surface area contributed by atoms with Crippen molar-refractivity contribution in [1.82, 2.24) is 10.3 Å². The lowest BCUT2D eigenvalue weighted by molar-refractivity contribution is -0.121. The molecular formula is C17H19N3O5. The van der Waals surface area contributed by atoms with Crippen LogP contribution in [0.15, 0.2) is 28.9 Å². The van der Waals surface area contributed by atoms with E-state index in [9.17, 15) is 9.59 Å². The van der Waals surface area contributed by atoms with Crippen LogP contribution in [0.2, 0.25) is 0 Å². The highest BCUT2D eigenvalue weighted by Gasteiger charge is 2.27. The Morgan fingerprint density at radius 3 is 3.08 bits per heavy atom. The van der Waals surface area contributed by atoms with Gasteiger partial charge in [-0.25, -0.2) is 4.98 Å². The molecule has 1 aromatic carbocycles. The topological polar surface area (TPSA) is 93.9 Å². The molecule has 2 aromatic rings. The second-order valence-electron chi connectivity index (χ2n) is 5.61. The fraction of sp³-hybridized carbons (Fsp3) is 0.353. The number of aromatic nitrogens is 1. The molecule has 0 unspecified atom stereocenters. The van der Waals surface area contributed by atoms with Gasteiger partial charge < -0.3 is 19.2 Å². The second-order valence-corrected chi connectivity index (χ2v) is 5.61. The van der Waals surface area contributed by atoms with Crippen molar-refractivity contribution < 1.29 is 23.5 Å². The third-order valence-corrected chi connectivity index (χ3v) is 3.73. The molecule has 1 aliphatic rings. The minimum Gasteiger partial charge on any atom is -0.482 e. The van der Waals surface area contributed by atoms with E-state index in [4.69, 9.17) is 13.9 Å². The first-order valence-corrected chi connectivity index (χ1v) is 7.84. The summed E-state index contributed by atoms with van der Waals surface area (Å²) >= 11 is 0. The molecule has 0 atom stereocenters. The number of hydrogen-bond acceptors (Lipinski definition) is 6. The number of aryl methyl sites for hydroxylation is 1. The summed E-state index contributed by atoms with van der Waals surface area (Å²) in [4.78, 5) is 29.9. The van der Waals surface area contributed by atoms with E-state index in [0.717, 1.165) is 5.56 Å². The minimum absolute atomic E-state index is 0.0405. The molecular weight excluding hydrogens is 326 g/mol. The predicted molar refractivity (Wildman–Crippen MR) is 88.6 cm³/mol. The van der Waals surface area contributed by atoms with Gasteiger partial charge in [0.25, 0.3) is 11.8 Å². The number of ether oxygens (including phenoxy) is 2. The Bertz CT molecular complexity index is 786. The number of oxazole rings is 1. The summed E-state index contributed by atoms with van der Waals surface area (Å²) in [5.74, 6) is 0.368. The molecule has 0 radical (unpaired) electrons. The maximum atomic E-state index is 12.2. The molecule has 0 fully saturated rings. The van der Waals surface area contributed by atoms with Crippen molar-refractivity contribution in [2.24, 2.45) is 0 Å². The number of carbonyl (C=O) groups excluding carboxylic acids is 2. The Hall–Kier alpha value is -2.87. The van der Waals surface area contributed by atoms with Gasteiger partial charge in [-0.2, -0.15) is 0 Å². The van der Waals surface area contributed by atoms with E-state index in [1.807, 2.05) is 25.1 Å². The predicted octanol–water partition coefficient (Wildman–Crippen LogP) is 1.28. The van der Waals surface area contributed by atoms with Crippen molar-refractivity contribution in [2.45, 2.75) is 13.5 Å². The molecule has 25 heavy (non-hydrogen) atoms. The summed E-state index contributed by atoms with van der Waals surface area (Å²) < 4.78 is 15.7. The molecule has 1 aliphatic heterocycles. The Morgan fingerprint density at radius 2 is 2.28 bits per heavy atom. The number of anilines is 1. The summed E-state index contributed by atoms with van der Waals surface area (Å²) in [5, 5.41) is 2.66. The first kappa shape index (κ1) is 17.0. The van der Waals surface area contributed by atoms with Crippen LogP contribution in [-0.4, -0.2) is 43.7 Å². The summed E-state index contributed by atoms with van der Waals surface area (Å²) in [6.45, 7) is 2.82. The van der Waals surface area contributed by atoms with Crippen LogP contribution >= 0.6 is 0 Å². The summed E-state index contributed by atoms with van der Waals surface area (Å²) in [5.41, 5.74) is 1.84. The van der Waals surface area contributed by atoms with Gasteiger partial charge in [-0.1, -0.05) is 6.07 Å². The molecule has 1 N–H and O–H groups in total. The van der Waals surface area contributed by atoms with Gasteiger partial charge in [0.2, 0.25) is 5.89 Å². The Kier molecular flexibility index (Phi) is 4.99. The minimum atomic E-state index is -0.350. The number of amides is 2. The van der Waals surface area contributed by atoms with E-state index in [0.29, 0.717) is 24.6 Å².